The summed E-state index contributed by atoms with van der Waals surface area (Å²) in [5.74, 6) is 0.136. The number of hydrogen-bond donors (Lipinski definition) is 1. The first kappa shape index (κ1) is 18.7. The van der Waals surface area contributed by atoms with Crippen LogP contribution in [0.4, 0.5) is 10.1 Å². The minimum absolute atomic E-state index is 0. The molecule has 2 heterocycles. The van der Waals surface area contributed by atoms with Crippen LogP contribution >= 0.6 is 12.4 Å². The molecule has 3 rings (SSSR count). The van der Waals surface area contributed by atoms with Crippen LogP contribution in [-0.4, -0.2) is 43.5 Å². The van der Waals surface area contributed by atoms with Crippen LogP contribution in [0.3, 0.4) is 0 Å². The van der Waals surface area contributed by atoms with Crippen LogP contribution in [-0.2, 0) is 6.42 Å². The van der Waals surface area contributed by atoms with E-state index in [1.54, 1.807) is 0 Å². The molecule has 1 aromatic rings. The van der Waals surface area contributed by atoms with E-state index in [1.165, 1.54) is 12.0 Å². The molecule has 4 nitrogen and oxygen atoms in total. The molecule has 0 radical (unpaired) electrons. The fraction of sp³-hybridized carbons (Fsp3) is 0.500. The first-order valence-corrected chi connectivity index (χ1v) is 8.38. The van der Waals surface area contributed by atoms with Crippen LogP contribution in [0.5, 0.6) is 0 Å². The molecule has 2 aliphatic rings. The molecule has 2 N–H and O–H groups in total. The van der Waals surface area contributed by atoms with Crippen LogP contribution in [0.1, 0.15) is 35.2 Å². The summed E-state index contributed by atoms with van der Waals surface area (Å²) >= 11 is 0. The summed E-state index contributed by atoms with van der Waals surface area (Å²) in [5.41, 5.74) is 9.16. The van der Waals surface area contributed by atoms with Gasteiger partial charge in [0.2, 0.25) is 0 Å². The second-order valence-electron chi connectivity index (χ2n) is 6.34. The van der Waals surface area contributed by atoms with Crippen molar-refractivity contribution in [2.75, 3.05) is 37.6 Å². The van der Waals surface area contributed by atoms with E-state index in [1.807, 2.05) is 23.1 Å². The number of carbonyl (C=O) groups excluding carboxylic acids is 1. The number of hydrogen-bond acceptors (Lipinski definition) is 3. The summed E-state index contributed by atoms with van der Waals surface area (Å²) in [4.78, 5) is 16.7. The lowest BCUT2D eigenvalue weighted by Gasteiger charge is -2.27. The summed E-state index contributed by atoms with van der Waals surface area (Å²) in [6.45, 7) is 3.31. The normalized spacial score (nSPS) is 17.5. The third kappa shape index (κ3) is 3.90. The average molecular weight is 354 g/mol. The molecule has 1 fully saturated rings. The number of nitrogens with two attached hydrogens (primary N) is 1. The smallest absolute Gasteiger partial charge is 0.253 e. The Bertz CT molecular complexity index is 614. The lowest BCUT2D eigenvalue weighted by atomic mass is 10.1. The summed E-state index contributed by atoms with van der Waals surface area (Å²) in [5, 5.41) is 0. The van der Waals surface area contributed by atoms with Gasteiger partial charge in [-0.2, -0.15) is 0 Å². The fourth-order valence-corrected chi connectivity index (χ4v) is 3.44. The Balaban J connectivity index is 0.00000208. The van der Waals surface area contributed by atoms with Crippen molar-refractivity contribution in [3.63, 3.8) is 0 Å². The zero-order valence-corrected chi connectivity index (χ0v) is 14.7. The molecule has 1 saturated heterocycles. The summed E-state index contributed by atoms with van der Waals surface area (Å²) in [6.07, 6.45) is 4.91. The number of nitrogens with zero attached hydrogens (tertiary/aromatic N) is 2. The third-order valence-electron chi connectivity index (χ3n) is 4.77. The number of fused-ring (bicyclic) bond motifs is 1. The van der Waals surface area contributed by atoms with Gasteiger partial charge in [0, 0.05) is 44.0 Å². The fourth-order valence-electron chi connectivity index (χ4n) is 3.44. The van der Waals surface area contributed by atoms with Gasteiger partial charge < -0.3 is 15.5 Å². The second kappa shape index (κ2) is 8.49. The van der Waals surface area contributed by atoms with E-state index in [0.29, 0.717) is 18.4 Å². The van der Waals surface area contributed by atoms with Gasteiger partial charge in [-0.05, 0) is 55.0 Å². The van der Waals surface area contributed by atoms with Gasteiger partial charge in [-0.25, -0.2) is 4.39 Å². The van der Waals surface area contributed by atoms with Gasteiger partial charge in [-0.15, -0.1) is 12.4 Å². The Morgan fingerprint density at radius 3 is 2.62 bits per heavy atom. The van der Waals surface area contributed by atoms with Crippen molar-refractivity contribution < 1.29 is 9.18 Å². The molecule has 0 bridgehead atoms. The van der Waals surface area contributed by atoms with E-state index in [-0.39, 0.29) is 24.9 Å². The second-order valence-corrected chi connectivity index (χ2v) is 6.34. The van der Waals surface area contributed by atoms with Crippen LogP contribution in [0.15, 0.2) is 30.1 Å². The number of halogens is 2. The summed E-state index contributed by atoms with van der Waals surface area (Å²) < 4.78 is 12.7. The largest absolute Gasteiger partial charge is 0.367 e. The molecule has 0 saturated carbocycles. The summed E-state index contributed by atoms with van der Waals surface area (Å²) in [7, 11) is 0. The van der Waals surface area contributed by atoms with Gasteiger partial charge in [0.25, 0.3) is 5.91 Å². The lowest BCUT2D eigenvalue weighted by molar-refractivity contribution is 0.0724. The van der Waals surface area contributed by atoms with E-state index < -0.39 is 0 Å². The topological polar surface area (TPSA) is 49.6 Å². The number of benzene rings is 1. The molecule has 0 aromatic heterocycles. The monoisotopic (exact) mass is 353 g/mol. The van der Waals surface area contributed by atoms with E-state index in [0.717, 1.165) is 50.1 Å². The molecule has 0 unspecified atom stereocenters. The minimum atomic E-state index is 0. The van der Waals surface area contributed by atoms with Gasteiger partial charge >= 0.3 is 0 Å². The minimum Gasteiger partial charge on any atom is -0.367 e. The SMILES string of the molecule is Cl.NC/C(=C\F)CN1CCc2cc(C(=O)N3CCCCC3)ccc21. The summed E-state index contributed by atoms with van der Waals surface area (Å²) in [6, 6.07) is 5.90. The standard InChI is InChI=1S/C18H24FN3O.ClH/c19-11-14(12-20)13-22-9-6-15-10-16(4-5-17(15)22)18(23)21-7-2-1-3-8-21;/h4-5,10-11H,1-3,6-9,12-13,20H2;1H/b14-11+;. The van der Waals surface area contributed by atoms with Gasteiger partial charge in [0.1, 0.15) is 0 Å². The van der Waals surface area contributed by atoms with E-state index >= 15 is 0 Å². The van der Waals surface area contributed by atoms with E-state index in [4.69, 9.17) is 5.73 Å². The maximum absolute atomic E-state index is 12.7. The van der Waals surface area contributed by atoms with Crippen LogP contribution in [0.25, 0.3) is 0 Å². The van der Waals surface area contributed by atoms with Crippen molar-refractivity contribution in [2.45, 2.75) is 25.7 Å². The quantitative estimate of drug-likeness (QED) is 0.905. The van der Waals surface area contributed by atoms with Crippen molar-refractivity contribution in [1.82, 2.24) is 4.90 Å². The number of likely N-dealkylation sites (tertiary alicyclic amines) is 1. The molecule has 0 aliphatic carbocycles. The lowest BCUT2D eigenvalue weighted by Crippen LogP contribution is -2.35. The highest BCUT2D eigenvalue weighted by Gasteiger charge is 2.23. The molecular weight excluding hydrogens is 329 g/mol. The number of amides is 1. The first-order valence-electron chi connectivity index (χ1n) is 8.38. The molecule has 0 atom stereocenters. The highest BCUT2D eigenvalue weighted by Crippen LogP contribution is 2.30. The van der Waals surface area contributed by atoms with Crippen molar-refractivity contribution in [3.05, 3.63) is 41.2 Å². The third-order valence-corrected chi connectivity index (χ3v) is 4.77. The average Bonchev–Trinajstić information content (AvgIpc) is 3.01. The van der Waals surface area contributed by atoms with Gasteiger partial charge in [0.15, 0.2) is 0 Å². The molecule has 2 aliphatic heterocycles. The molecule has 1 aromatic carbocycles. The van der Waals surface area contributed by atoms with E-state index in [9.17, 15) is 9.18 Å². The van der Waals surface area contributed by atoms with Gasteiger partial charge in [0.05, 0.1) is 6.33 Å². The highest BCUT2D eigenvalue weighted by atomic mass is 35.5. The van der Waals surface area contributed by atoms with E-state index in [2.05, 4.69) is 4.90 Å². The number of rotatable bonds is 4. The Labute approximate surface area is 148 Å². The predicted molar refractivity (Wildman–Crippen MR) is 97.6 cm³/mol. The van der Waals surface area contributed by atoms with Crippen LogP contribution in [0, 0.1) is 0 Å². The number of carbonyl (C=O) groups is 1. The number of piperidine rings is 1. The highest BCUT2D eigenvalue weighted by molar-refractivity contribution is 5.95. The Morgan fingerprint density at radius 1 is 1.21 bits per heavy atom. The van der Waals surface area contributed by atoms with Gasteiger partial charge in [-0.1, -0.05) is 0 Å². The first-order chi connectivity index (χ1) is 11.2. The molecule has 132 valence electrons. The predicted octanol–water partition coefficient (Wildman–Crippen LogP) is 2.91. The van der Waals surface area contributed by atoms with Crippen molar-refractivity contribution in [1.29, 1.82) is 0 Å². The Kier molecular flexibility index (Phi) is 6.63. The molecule has 0 spiro atoms. The maximum atomic E-state index is 12.7. The molecular formula is C18H25ClFN3O. The van der Waals surface area contributed by atoms with Crippen molar-refractivity contribution in [2.24, 2.45) is 5.73 Å². The maximum Gasteiger partial charge on any atom is 0.253 e. The molecule has 6 heteroatoms. The molecule has 1 amide bonds. The molecule has 24 heavy (non-hydrogen) atoms. The Morgan fingerprint density at radius 2 is 1.96 bits per heavy atom. The Hall–Kier alpha value is -1.59. The van der Waals surface area contributed by atoms with Crippen molar-refractivity contribution in [3.8, 4) is 0 Å². The van der Waals surface area contributed by atoms with Crippen LogP contribution in [0.2, 0.25) is 0 Å². The zero-order chi connectivity index (χ0) is 16.2. The van der Waals surface area contributed by atoms with Crippen LogP contribution < -0.4 is 10.6 Å². The number of anilines is 1. The van der Waals surface area contributed by atoms with Gasteiger partial charge in [-0.3, -0.25) is 4.79 Å². The van der Waals surface area contributed by atoms with Crippen molar-refractivity contribution >= 4 is 24.0 Å². The zero-order valence-electron chi connectivity index (χ0n) is 13.8.